The first-order valence-corrected chi connectivity index (χ1v) is 39.1. The van der Waals surface area contributed by atoms with Gasteiger partial charge in [0.05, 0.1) is 28.3 Å². The van der Waals surface area contributed by atoms with Crippen molar-refractivity contribution in [2.75, 3.05) is 79.8 Å². The summed E-state index contributed by atoms with van der Waals surface area (Å²) < 4.78 is 113. The van der Waals surface area contributed by atoms with E-state index in [-0.39, 0.29) is 45.6 Å². The number of benzene rings is 1. The lowest BCUT2D eigenvalue weighted by Gasteiger charge is -2.47. The number of hydrogen-bond acceptors (Lipinski definition) is 20. The number of unbranched alkanes of at least 4 members (excludes halogenated alkanes) is 23. The first-order valence-electron chi connectivity index (χ1n) is 37.1. The molecule has 1 aromatic carbocycles. The summed E-state index contributed by atoms with van der Waals surface area (Å²) in [5, 5.41) is 15.4. The number of nitrogens with one attached hydrogen (secondary N) is 1. The van der Waals surface area contributed by atoms with E-state index < -0.39 is 124 Å². The molecule has 21 nitrogen and oxygen atoms in total. The Kier molecular flexibility index (Phi) is 49.9. The van der Waals surface area contributed by atoms with Gasteiger partial charge in [0.25, 0.3) is 0 Å². The first-order chi connectivity index (χ1) is 48.4. The molecule has 2 aliphatic rings. The van der Waals surface area contributed by atoms with Gasteiger partial charge in [-0.1, -0.05) is 272 Å². The Hall–Kier alpha value is -3.35. The SMILES string of the molecule is [2H]C(CCCCCCCCCCCCC)O[C@H]1C(OCC(=O)OCC=C)O[C@H](CO[C@@H]2O[C@H](COC(=O)OCC=C)[C@@H](OP(=O)(OCC=C)OCC=C)[C@H](OCC[C@H](CCCCCCC)Cc3ccc(OC)cc3)[C@H]2NC(=O)OCC(Cl)(Cl)Cl)[C@@H](O)[C@@H]1OCCCCCCCCCCCC. The molecule has 2 saturated heterocycles. The van der Waals surface area contributed by atoms with Crippen LogP contribution in [0.4, 0.5) is 9.59 Å². The van der Waals surface area contributed by atoms with Gasteiger partial charge in [-0.05, 0) is 49.3 Å². The molecular formula is C74H123Cl3NO20P. The Morgan fingerprint density at radius 1 is 0.586 bits per heavy atom. The summed E-state index contributed by atoms with van der Waals surface area (Å²) in [6.45, 7) is 16.7. The number of alkyl halides is 3. The second kappa shape index (κ2) is 56.1. The molecule has 0 radical (unpaired) electrons. The average molecular weight is 1490 g/mol. The Morgan fingerprint density at radius 3 is 1.67 bits per heavy atom. The van der Waals surface area contributed by atoms with Crippen molar-refractivity contribution in [3.05, 3.63) is 80.4 Å². The number of hydrogen-bond donors (Lipinski definition) is 2. The van der Waals surface area contributed by atoms with Crippen molar-refractivity contribution in [2.24, 2.45) is 5.92 Å². The summed E-state index contributed by atoms with van der Waals surface area (Å²) in [5.74, 6) is 0.00455. The van der Waals surface area contributed by atoms with Gasteiger partial charge in [0.1, 0.15) is 87.6 Å². The van der Waals surface area contributed by atoms with Gasteiger partial charge in [-0.25, -0.2) is 18.9 Å². The first kappa shape index (κ1) is 88.1. The Morgan fingerprint density at radius 2 is 1.11 bits per heavy atom. The lowest BCUT2D eigenvalue weighted by atomic mass is 9.90. The van der Waals surface area contributed by atoms with Crippen molar-refractivity contribution in [3.63, 3.8) is 0 Å². The van der Waals surface area contributed by atoms with Crippen LogP contribution in [0.25, 0.3) is 0 Å². The van der Waals surface area contributed by atoms with Crippen LogP contribution in [0.2, 0.25) is 0 Å². The second-order valence-corrected chi connectivity index (χ2v) is 29.4. The molecule has 99 heavy (non-hydrogen) atoms. The van der Waals surface area contributed by atoms with E-state index in [1.165, 1.54) is 94.9 Å². The third kappa shape index (κ3) is 40.5. The van der Waals surface area contributed by atoms with Gasteiger partial charge < -0.3 is 67.3 Å². The zero-order chi connectivity index (χ0) is 73.1. The summed E-state index contributed by atoms with van der Waals surface area (Å²) in [6.07, 6.45) is 20.4. The number of ether oxygens (including phenoxy) is 12. The molecule has 2 aliphatic heterocycles. The number of phosphoric ester groups is 1. The number of aliphatic hydroxyl groups excluding tert-OH is 1. The van der Waals surface area contributed by atoms with Crippen LogP contribution in [0.3, 0.4) is 0 Å². The highest BCUT2D eigenvalue weighted by atomic mass is 35.6. The Balaban J connectivity index is 2.20. The Labute approximate surface area is 609 Å². The predicted molar refractivity (Wildman–Crippen MR) is 388 cm³/mol. The van der Waals surface area contributed by atoms with Crippen LogP contribution in [-0.4, -0.2) is 168 Å². The van der Waals surface area contributed by atoms with Gasteiger partial charge in [-0.15, -0.1) is 13.2 Å². The number of carbonyl (C=O) groups excluding carboxylic acids is 3. The molecule has 1 amide bonds. The molecule has 0 spiro atoms. The standard InChI is InChI=1S/C74H123Cl3NO20P/c1-9-16-19-22-24-26-28-29-31-33-36-39-51-87-69-68(86-50-38-35-32-30-27-25-23-20-17-10-2)65(80)61(96-71(69)91-56-63(79)85-46-12-4)54-90-70-64(78-72(81)93-57-74(75,76)77)67(88-52-45-58(40-37-34-21-18-11-3)53-59-41-43-60(84-8)44-42-59)66(62(97-70)55-92-73(82)89-47-13-5)98-99(83,94-48-14-6)95-49-15-7/h12-15,41-44,58,61-62,64-71,80H,4-7,9-11,16-40,45-57H2,1-3,8H3,(H,78,81)/t58-,61+,62+,64+,65+,66+,67+,68-,69+,70+,71?/m0/s1/i51D/t51?,58-,61+,62+,64+,65+,66+,67+,68-,69+,70+,71?. The smallest absolute Gasteiger partial charge is 0.497 e. The monoisotopic (exact) mass is 1480 g/mol. The highest BCUT2D eigenvalue weighted by molar-refractivity contribution is 7.48. The van der Waals surface area contributed by atoms with Gasteiger partial charge in [0, 0.05) is 19.8 Å². The lowest BCUT2D eigenvalue weighted by Crippen LogP contribution is -2.67. The van der Waals surface area contributed by atoms with Crippen LogP contribution in [-0.2, 0) is 81.5 Å². The number of esters is 1. The molecule has 0 bridgehead atoms. The minimum atomic E-state index is -4.72. The zero-order valence-electron chi connectivity index (χ0n) is 60.9. The molecule has 2 fully saturated rings. The van der Waals surface area contributed by atoms with E-state index in [9.17, 15) is 25.4 Å². The molecule has 25 heteroatoms. The van der Waals surface area contributed by atoms with Crippen LogP contribution in [0.15, 0.2) is 74.9 Å². The summed E-state index contributed by atoms with van der Waals surface area (Å²) in [6, 6.07) is 6.28. The van der Waals surface area contributed by atoms with Crippen molar-refractivity contribution in [1.82, 2.24) is 5.32 Å². The second-order valence-electron chi connectivity index (χ2n) is 25.3. The summed E-state index contributed by atoms with van der Waals surface area (Å²) >= 11 is 18.3. The maximum absolute atomic E-state index is 14.9. The van der Waals surface area contributed by atoms with Gasteiger partial charge in [0.2, 0.25) is 3.79 Å². The fourth-order valence-corrected chi connectivity index (χ4v) is 13.1. The summed E-state index contributed by atoms with van der Waals surface area (Å²) in [4.78, 5) is 40.6. The number of amides is 1. The maximum Gasteiger partial charge on any atom is 0.508 e. The van der Waals surface area contributed by atoms with Crippen LogP contribution in [0, 0.1) is 5.92 Å². The van der Waals surface area contributed by atoms with Crippen molar-refractivity contribution in [1.29, 1.82) is 0 Å². The van der Waals surface area contributed by atoms with Gasteiger partial charge in [-0.2, -0.15) is 0 Å². The minimum absolute atomic E-state index is 0.0247. The third-order valence-electron chi connectivity index (χ3n) is 16.9. The largest absolute Gasteiger partial charge is 0.508 e. The highest BCUT2D eigenvalue weighted by Crippen LogP contribution is 2.53. The molecular weight excluding hydrogens is 1360 g/mol. The topological polar surface area (TPSA) is 239 Å². The molecule has 3 rings (SSSR count). The van der Waals surface area contributed by atoms with Gasteiger partial charge in [-0.3, -0.25) is 13.6 Å². The molecule has 2 N–H and O–H groups in total. The normalized spacial score (nSPS) is 21.8. The molecule has 570 valence electrons. The van der Waals surface area contributed by atoms with Gasteiger partial charge >= 0.3 is 26.0 Å². The van der Waals surface area contributed by atoms with Crippen molar-refractivity contribution in [3.8, 4) is 5.75 Å². The van der Waals surface area contributed by atoms with E-state index in [1.807, 2.05) is 24.3 Å². The number of methoxy groups -OCH3 is 1. The van der Waals surface area contributed by atoms with E-state index >= 15 is 0 Å². The highest BCUT2D eigenvalue weighted by Gasteiger charge is 2.54. The molecule has 0 aromatic heterocycles. The lowest BCUT2D eigenvalue weighted by molar-refractivity contribution is -0.330. The maximum atomic E-state index is 14.9. The third-order valence-corrected chi connectivity index (χ3v) is 18.7. The van der Waals surface area contributed by atoms with Crippen molar-refractivity contribution in [2.45, 2.75) is 279 Å². The zero-order valence-corrected chi connectivity index (χ0v) is 63.1. The summed E-state index contributed by atoms with van der Waals surface area (Å²) in [7, 11) is -3.11. The molecule has 0 aliphatic carbocycles. The molecule has 2 heterocycles. The molecule has 1 aromatic rings. The van der Waals surface area contributed by atoms with E-state index in [0.29, 0.717) is 37.9 Å². The van der Waals surface area contributed by atoms with Gasteiger partial charge in [0.15, 0.2) is 12.6 Å². The van der Waals surface area contributed by atoms with E-state index in [4.69, 9.17) is 105 Å². The molecule has 2 unspecified atom stereocenters. The number of rotatable bonds is 61. The predicted octanol–water partition coefficient (Wildman–Crippen LogP) is 17.7. The molecule has 12 atom stereocenters. The fourth-order valence-electron chi connectivity index (χ4n) is 11.6. The molecule has 0 saturated carbocycles. The fraction of sp³-hybridized carbons (Fsp3) is 0.770. The van der Waals surface area contributed by atoms with Crippen LogP contribution in [0.5, 0.6) is 5.75 Å². The van der Waals surface area contributed by atoms with Crippen molar-refractivity contribution < 1.29 is 95.8 Å². The number of halogens is 3. The summed E-state index contributed by atoms with van der Waals surface area (Å²) in [5.41, 5.74) is 1.06. The number of aliphatic hydroxyl groups is 1. The van der Waals surface area contributed by atoms with Crippen LogP contribution < -0.4 is 10.1 Å². The number of alkyl carbamates (subject to hydrolysis) is 1. The quantitative estimate of drug-likeness (QED) is 0.0154. The Bertz CT molecular complexity index is 2370. The number of carbonyl (C=O) groups is 3. The average Bonchev–Trinajstić information content (AvgIpc) is 0.784. The van der Waals surface area contributed by atoms with E-state index in [0.717, 1.165) is 95.5 Å². The van der Waals surface area contributed by atoms with Crippen LogP contribution in [0.1, 0.15) is 214 Å². The van der Waals surface area contributed by atoms with E-state index in [2.05, 4.69) is 52.4 Å². The minimum Gasteiger partial charge on any atom is -0.497 e. The van der Waals surface area contributed by atoms with Crippen LogP contribution >= 0.6 is 42.6 Å². The number of phosphoric acid groups is 1. The van der Waals surface area contributed by atoms with Crippen molar-refractivity contribution >= 4 is 60.8 Å². The van der Waals surface area contributed by atoms with E-state index in [1.54, 1.807) is 7.11 Å².